The lowest BCUT2D eigenvalue weighted by molar-refractivity contribution is -0.120. The predicted molar refractivity (Wildman–Crippen MR) is 102 cm³/mol. The zero-order valence-electron chi connectivity index (χ0n) is 15.6. The number of hydrogen-bond acceptors (Lipinski definition) is 5. The number of fused-ring (bicyclic) bond motifs is 1. The summed E-state index contributed by atoms with van der Waals surface area (Å²) < 4.78 is 0. The van der Waals surface area contributed by atoms with Crippen molar-refractivity contribution in [1.82, 2.24) is 9.97 Å². The molecule has 2 heterocycles. The topological polar surface area (TPSA) is 66.4 Å². The van der Waals surface area contributed by atoms with E-state index < -0.39 is 0 Å². The number of anilines is 2. The van der Waals surface area contributed by atoms with Crippen LogP contribution in [0, 0.1) is 0 Å². The number of carbonyl (C=O) groups excluding carboxylic acids is 2. The summed E-state index contributed by atoms with van der Waals surface area (Å²) in [6.45, 7) is 6.09. The van der Waals surface area contributed by atoms with Gasteiger partial charge in [0.1, 0.15) is 17.6 Å². The van der Waals surface area contributed by atoms with Gasteiger partial charge in [0, 0.05) is 18.7 Å². The van der Waals surface area contributed by atoms with Crippen LogP contribution < -0.4 is 9.80 Å². The molecule has 0 N–H and O–H groups in total. The van der Waals surface area contributed by atoms with Crippen molar-refractivity contribution in [2.45, 2.75) is 45.7 Å². The lowest BCUT2D eigenvalue weighted by Crippen LogP contribution is -2.55. The fraction of sp³-hybridized carbons (Fsp3) is 0.400. The Bertz CT molecular complexity index is 820. The number of amides is 1. The highest BCUT2D eigenvalue weighted by Crippen LogP contribution is 2.35. The van der Waals surface area contributed by atoms with Crippen LogP contribution in [-0.4, -0.2) is 40.8 Å². The molecule has 1 aliphatic heterocycles. The van der Waals surface area contributed by atoms with Gasteiger partial charge >= 0.3 is 0 Å². The van der Waals surface area contributed by atoms with Gasteiger partial charge < -0.3 is 9.80 Å². The molecule has 3 rings (SSSR count). The van der Waals surface area contributed by atoms with E-state index in [1.165, 1.54) is 0 Å². The molecule has 0 saturated carbocycles. The maximum atomic E-state index is 12.7. The predicted octanol–water partition coefficient (Wildman–Crippen LogP) is 2.87. The summed E-state index contributed by atoms with van der Waals surface area (Å²) >= 11 is 0. The molecular weight excluding hydrogens is 328 g/mol. The second kappa shape index (κ2) is 7.23. The summed E-state index contributed by atoms with van der Waals surface area (Å²) in [6, 6.07) is 9.01. The summed E-state index contributed by atoms with van der Waals surface area (Å²) in [5.41, 5.74) is 1.33. The van der Waals surface area contributed by atoms with Crippen LogP contribution in [0.4, 0.5) is 11.5 Å². The zero-order chi connectivity index (χ0) is 18.8. The Kier molecular flexibility index (Phi) is 5.02. The number of aromatic nitrogens is 2. The quantitative estimate of drug-likeness (QED) is 0.774. The van der Waals surface area contributed by atoms with Crippen molar-refractivity contribution in [1.29, 1.82) is 0 Å². The number of Topliss-reactive ketones (excluding diaryl/α,β-unsaturated/α-hetero) is 1. The zero-order valence-corrected chi connectivity index (χ0v) is 15.6. The van der Waals surface area contributed by atoms with E-state index in [2.05, 4.69) is 9.97 Å². The molecule has 0 radical (unpaired) electrons. The Hall–Kier alpha value is -2.76. The normalized spacial score (nSPS) is 16.8. The number of likely N-dealkylation sites (N-methyl/N-ethyl adjacent to an activating group) is 1. The smallest absolute Gasteiger partial charge is 0.249 e. The Balaban J connectivity index is 1.97. The van der Waals surface area contributed by atoms with Crippen molar-refractivity contribution in [3.8, 4) is 0 Å². The standard InChI is InChI=1S/C20H24N4O2/c1-5-15-20(26)23(4)16-12-21-18(22-19(16)24(15)13(2)3)11-17(25)14-9-7-6-8-10-14/h6-10,12-13,15H,5,11H2,1-4H3/t15-/m1/s1. The number of ketones is 1. The van der Waals surface area contributed by atoms with Crippen molar-refractivity contribution in [2.75, 3.05) is 16.8 Å². The van der Waals surface area contributed by atoms with Crippen molar-refractivity contribution in [3.05, 3.63) is 47.9 Å². The van der Waals surface area contributed by atoms with E-state index >= 15 is 0 Å². The van der Waals surface area contributed by atoms with Gasteiger partial charge in [-0.05, 0) is 20.3 Å². The van der Waals surface area contributed by atoms with E-state index in [-0.39, 0.29) is 30.2 Å². The molecule has 26 heavy (non-hydrogen) atoms. The summed E-state index contributed by atoms with van der Waals surface area (Å²) in [5.74, 6) is 1.22. The van der Waals surface area contributed by atoms with Crippen molar-refractivity contribution < 1.29 is 9.59 Å². The highest BCUT2D eigenvalue weighted by atomic mass is 16.2. The van der Waals surface area contributed by atoms with Crippen LogP contribution in [0.5, 0.6) is 0 Å². The van der Waals surface area contributed by atoms with Gasteiger partial charge in [0.05, 0.1) is 12.6 Å². The third kappa shape index (κ3) is 3.19. The second-order valence-electron chi connectivity index (χ2n) is 6.78. The largest absolute Gasteiger partial charge is 0.340 e. The van der Waals surface area contributed by atoms with E-state index in [1.807, 2.05) is 43.9 Å². The first-order valence-electron chi connectivity index (χ1n) is 8.94. The van der Waals surface area contributed by atoms with E-state index in [1.54, 1.807) is 30.3 Å². The van der Waals surface area contributed by atoms with Crippen molar-refractivity contribution >= 4 is 23.2 Å². The number of hydrogen-bond donors (Lipinski definition) is 0. The van der Waals surface area contributed by atoms with E-state index in [0.29, 0.717) is 23.5 Å². The van der Waals surface area contributed by atoms with Crippen molar-refractivity contribution in [2.24, 2.45) is 0 Å². The van der Waals surface area contributed by atoms with E-state index in [4.69, 9.17) is 0 Å². The van der Waals surface area contributed by atoms with Crippen LogP contribution in [0.3, 0.4) is 0 Å². The SMILES string of the molecule is CC[C@@H]1C(=O)N(C)c2cnc(CC(=O)c3ccccc3)nc2N1C(C)C. The molecule has 2 aromatic rings. The minimum Gasteiger partial charge on any atom is -0.340 e. The molecule has 0 fully saturated rings. The Morgan fingerprint density at radius 1 is 1.23 bits per heavy atom. The Morgan fingerprint density at radius 2 is 1.92 bits per heavy atom. The van der Waals surface area contributed by atoms with Gasteiger partial charge in [0.25, 0.3) is 0 Å². The lowest BCUT2D eigenvalue weighted by Gasteiger charge is -2.42. The molecule has 0 spiro atoms. The third-order valence-electron chi connectivity index (χ3n) is 4.71. The first-order chi connectivity index (χ1) is 12.4. The Labute approximate surface area is 153 Å². The number of nitrogens with zero attached hydrogens (tertiary/aromatic N) is 4. The van der Waals surface area contributed by atoms with E-state index in [0.717, 1.165) is 5.82 Å². The maximum absolute atomic E-state index is 12.7. The minimum atomic E-state index is -0.250. The second-order valence-corrected chi connectivity index (χ2v) is 6.78. The molecule has 6 nitrogen and oxygen atoms in total. The minimum absolute atomic E-state index is 0.0195. The van der Waals surface area contributed by atoms with Gasteiger partial charge in [-0.25, -0.2) is 9.97 Å². The molecule has 0 unspecified atom stereocenters. The molecule has 1 atom stereocenters. The fourth-order valence-corrected chi connectivity index (χ4v) is 3.37. The summed E-state index contributed by atoms with van der Waals surface area (Å²) in [5, 5.41) is 0. The molecule has 0 bridgehead atoms. The first kappa shape index (κ1) is 18.0. The number of carbonyl (C=O) groups is 2. The molecule has 1 aliphatic rings. The van der Waals surface area contributed by atoms with Gasteiger partial charge in [0.15, 0.2) is 11.6 Å². The van der Waals surface area contributed by atoms with Crippen LogP contribution in [0.2, 0.25) is 0 Å². The molecule has 6 heteroatoms. The average molecular weight is 352 g/mol. The molecule has 1 amide bonds. The molecular formula is C20H24N4O2. The Morgan fingerprint density at radius 3 is 2.54 bits per heavy atom. The van der Waals surface area contributed by atoms with Crippen LogP contribution >= 0.6 is 0 Å². The maximum Gasteiger partial charge on any atom is 0.249 e. The fourth-order valence-electron chi connectivity index (χ4n) is 3.37. The first-order valence-corrected chi connectivity index (χ1v) is 8.94. The lowest BCUT2D eigenvalue weighted by atomic mass is 10.0. The molecule has 0 saturated heterocycles. The van der Waals surface area contributed by atoms with Gasteiger partial charge in [-0.3, -0.25) is 9.59 Å². The third-order valence-corrected chi connectivity index (χ3v) is 4.71. The van der Waals surface area contributed by atoms with Crippen LogP contribution in [-0.2, 0) is 11.2 Å². The van der Waals surface area contributed by atoms with Gasteiger partial charge in [0.2, 0.25) is 5.91 Å². The van der Waals surface area contributed by atoms with Gasteiger partial charge in [-0.2, -0.15) is 0 Å². The highest BCUT2D eigenvalue weighted by Gasteiger charge is 2.38. The summed E-state index contributed by atoms with van der Waals surface area (Å²) in [4.78, 5) is 37.8. The summed E-state index contributed by atoms with van der Waals surface area (Å²) in [7, 11) is 1.75. The van der Waals surface area contributed by atoms with Gasteiger partial charge in [-0.1, -0.05) is 37.3 Å². The summed E-state index contributed by atoms with van der Waals surface area (Å²) in [6.07, 6.45) is 2.48. The molecule has 0 aliphatic carbocycles. The van der Waals surface area contributed by atoms with Crippen LogP contribution in [0.25, 0.3) is 0 Å². The van der Waals surface area contributed by atoms with Crippen molar-refractivity contribution in [3.63, 3.8) is 0 Å². The van der Waals surface area contributed by atoms with Crippen LogP contribution in [0.1, 0.15) is 43.4 Å². The van der Waals surface area contributed by atoms with E-state index in [9.17, 15) is 9.59 Å². The monoisotopic (exact) mass is 352 g/mol. The van der Waals surface area contributed by atoms with Gasteiger partial charge in [-0.15, -0.1) is 0 Å². The molecule has 1 aromatic heterocycles. The number of benzene rings is 1. The average Bonchev–Trinajstić information content (AvgIpc) is 2.64. The molecule has 136 valence electrons. The highest BCUT2D eigenvalue weighted by molar-refractivity contribution is 6.04. The van der Waals surface area contributed by atoms with Crippen LogP contribution in [0.15, 0.2) is 36.5 Å². The molecule has 1 aromatic carbocycles. The number of rotatable bonds is 5.